The molecule has 2 rings (SSSR count). The summed E-state index contributed by atoms with van der Waals surface area (Å²) in [7, 11) is 0. The zero-order valence-electron chi connectivity index (χ0n) is 10.1. The average Bonchev–Trinajstić information content (AvgIpc) is 2.60. The van der Waals surface area contributed by atoms with Gasteiger partial charge in [0.1, 0.15) is 0 Å². The zero-order valence-corrected chi connectivity index (χ0v) is 10.1. The summed E-state index contributed by atoms with van der Waals surface area (Å²) < 4.78 is 0. The Morgan fingerprint density at radius 3 is 2.18 bits per heavy atom. The van der Waals surface area contributed by atoms with E-state index in [1.807, 2.05) is 12.2 Å². The van der Waals surface area contributed by atoms with E-state index >= 15 is 0 Å². The molecule has 0 aromatic rings. The molecular formula is C13H20N2O2. The minimum atomic E-state index is -0.0815. The van der Waals surface area contributed by atoms with Crippen molar-refractivity contribution in [1.29, 1.82) is 0 Å². The lowest BCUT2D eigenvalue weighted by Gasteiger charge is -2.14. The van der Waals surface area contributed by atoms with Crippen molar-refractivity contribution in [1.82, 2.24) is 4.90 Å². The quantitative estimate of drug-likeness (QED) is 0.441. The minimum absolute atomic E-state index is 0.0390. The number of nitrogens with two attached hydrogens (primary N) is 1. The number of carbonyl (C=O) groups excluding carboxylic acids is 2. The van der Waals surface area contributed by atoms with Gasteiger partial charge in [0.05, 0.1) is 11.8 Å². The molecule has 1 aliphatic heterocycles. The van der Waals surface area contributed by atoms with Gasteiger partial charge in [0.2, 0.25) is 11.8 Å². The molecule has 0 unspecified atom stereocenters. The number of likely N-dealkylation sites (tertiary alicyclic amines) is 1. The van der Waals surface area contributed by atoms with Gasteiger partial charge >= 0.3 is 0 Å². The molecule has 94 valence electrons. The summed E-state index contributed by atoms with van der Waals surface area (Å²) in [4.78, 5) is 25.6. The molecule has 0 radical (unpaired) electrons. The smallest absolute Gasteiger partial charge is 0.233 e. The monoisotopic (exact) mass is 236 g/mol. The Morgan fingerprint density at radius 1 is 1.06 bits per heavy atom. The second-order valence-corrected chi connectivity index (χ2v) is 4.83. The van der Waals surface area contributed by atoms with Gasteiger partial charge in [-0.1, -0.05) is 18.6 Å². The van der Waals surface area contributed by atoms with Gasteiger partial charge in [-0.25, -0.2) is 0 Å². The topological polar surface area (TPSA) is 63.4 Å². The van der Waals surface area contributed by atoms with Crippen molar-refractivity contribution in [2.75, 3.05) is 13.1 Å². The number of imide groups is 1. The van der Waals surface area contributed by atoms with E-state index in [-0.39, 0.29) is 23.7 Å². The van der Waals surface area contributed by atoms with Crippen molar-refractivity contribution >= 4 is 11.8 Å². The van der Waals surface area contributed by atoms with Crippen LogP contribution in [0.15, 0.2) is 12.2 Å². The highest BCUT2D eigenvalue weighted by molar-refractivity contribution is 6.05. The summed E-state index contributed by atoms with van der Waals surface area (Å²) in [6, 6.07) is 0. The van der Waals surface area contributed by atoms with Crippen molar-refractivity contribution in [3.05, 3.63) is 12.2 Å². The third-order valence-corrected chi connectivity index (χ3v) is 3.68. The summed E-state index contributed by atoms with van der Waals surface area (Å²) in [5, 5.41) is 0. The first-order valence-electron chi connectivity index (χ1n) is 6.46. The lowest BCUT2D eigenvalue weighted by Crippen LogP contribution is -2.32. The number of unbranched alkanes of at least 4 members (excludes halogenated alkanes) is 2. The Bertz CT molecular complexity index is 312. The molecule has 0 spiro atoms. The number of rotatable bonds is 5. The van der Waals surface area contributed by atoms with Gasteiger partial charge in [-0.3, -0.25) is 14.5 Å². The van der Waals surface area contributed by atoms with Crippen molar-refractivity contribution in [2.45, 2.75) is 32.1 Å². The molecule has 4 heteroatoms. The van der Waals surface area contributed by atoms with Gasteiger partial charge < -0.3 is 5.73 Å². The zero-order chi connectivity index (χ0) is 12.3. The Hall–Kier alpha value is -1.16. The van der Waals surface area contributed by atoms with E-state index in [9.17, 15) is 9.59 Å². The van der Waals surface area contributed by atoms with E-state index in [0.717, 1.165) is 32.1 Å². The molecule has 2 atom stereocenters. The van der Waals surface area contributed by atoms with Crippen molar-refractivity contribution in [2.24, 2.45) is 17.6 Å². The maximum atomic E-state index is 12.1. The molecule has 4 nitrogen and oxygen atoms in total. The molecule has 1 heterocycles. The third kappa shape index (κ3) is 2.41. The highest BCUT2D eigenvalue weighted by atomic mass is 16.2. The van der Waals surface area contributed by atoms with E-state index in [1.165, 1.54) is 4.90 Å². The first-order valence-corrected chi connectivity index (χ1v) is 6.46. The largest absolute Gasteiger partial charge is 0.330 e. The van der Waals surface area contributed by atoms with Crippen LogP contribution in [0.3, 0.4) is 0 Å². The molecule has 1 saturated heterocycles. The fourth-order valence-electron chi connectivity index (χ4n) is 2.68. The van der Waals surface area contributed by atoms with Gasteiger partial charge in [-0.05, 0) is 32.2 Å². The van der Waals surface area contributed by atoms with Crippen LogP contribution in [0.2, 0.25) is 0 Å². The van der Waals surface area contributed by atoms with Crippen LogP contribution in [-0.4, -0.2) is 29.8 Å². The van der Waals surface area contributed by atoms with Gasteiger partial charge in [0.25, 0.3) is 0 Å². The van der Waals surface area contributed by atoms with E-state index in [1.54, 1.807) is 0 Å². The average molecular weight is 236 g/mol. The number of carbonyl (C=O) groups is 2. The molecule has 0 aromatic carbocycles. The van der Waals surface area contributed by atoms with Crippen LogP contribution >= 0.6 is 0 Å². The number of nitrogens with zero attached hydrogens (tertiary/aromatic N) is 1. The fourth-order valence-corrected chi connectivity index (χ4v) is 2.68. The molecular weight excluding hydrogens is 216 g/mol. The van der Waals surface area contributed by atoms with Crippen molar-refractivity contribution in [3.63, 3.8) is 0 Å². The molecule has 1 aliphatic carbocycles. The number of fused-ring (bicyclic) bond motifs is 1. The molecule has 17 heavy (non-hydrogen) atoms. The number of hydrogen-bond acceptors (Lipinski definition) is 3. The lowest BCUT2D eigenvalue weighted by atomic mass is 9.85. The van der Waals surface area contributed by atoms with E-state index in [2.05, 4.69) is 0 Å². The maximum absolute atomic E-state index is 12.1. The third-order valence-electron chi connectivity index (χ3n) is 3.68. The number of amides is 2. The van der Waals surface area contributed by atoms with Crippen molar-refractivity contribution < 1.29 is 9.59 Å². The standard InChI is InChI=1S/C13H20N2O2/c14-8-4-1-5-9-15-12(16)10-6-2-3-7-11(10)13(15)17/h2-3,10-11H,1,4-9,14H2/t10-,11+. The van der Waals surface area contributed by atoms with Gasteiger partial charge in [0, 0.05) is 6.54 Å². The van der Waals surface area contributed by atoms with E-state index < -0.39 is 0 Å². The van der Waals surface area contributed by atoms with Crippen LogP contribution in [0.4, 0.5) is 0 Å². The van der Waals surface area contributed by atoms with Crippen LogP contribution in [0.5, 0.6) is 0 Å². The van der Waals surface area contributed by atoms with Crippen LogP contribution in [0.1, 0.15) is 32.1 Å². The Balaban J connectivity index is 1.91. The summed E-state index contributed by atoms with van der Waals surface area (Å²) in [5.74, 6) is -0.0850. The Morgan fingerprint density at radius 2 is 1.65 bits per heavy atom. The number of hydrogen-bond donors (Lipinski definition) is 1. The predicted molar refractivity (Wildman–Crippen MR) is 65.0 cm³/mol. The molecule has 2 aliphatic rings. The number of allylic oxidation sites excluding steroid dienone is 2. The van der Waals surface area contributed by atoms with E-state index in [0.29, 0.717) is 13.1 Å². The molecule has 2 N–H and O–H groups in total. The van der Waals surface area contributed by atoms with Crippen LogP contribution < -0.4 is 5.73 Å². The van der Waals surface area contributed by atoms with Gasteiger partial charge in [0.15, 0.2) is 0 Å². The maximum Gasteiger partial charge on any atom is 0.233 e. The molecule has 0 bridgehead atoms. The van der Waals surface area contributed by atoms with Crippen molar-refractivity contribution in [3.8, 4) is 0 Å². The second kappa shape index (κ2) is 5.45. The normalized spacial score (nSPS) is 27.7. The lowest BCUT2D eigenvalue weighted by molar-refractivity contribution is -0.139. The predicted octanol–water partition coefficient (Wildman–Crippen LogP) is 1.07. The molecule has 0 saturated carbocycles. The van der Waals surface area contributed by atoms with Gasteiger partial charge in [-0.15, -0.1) is 0 Å². The van der Waals surface area contributed by atoms with Gasteiger partial charge in [-0.2, -0.15) is 0 Å². The molecule has 0 aromatic heterocycles. The van der Waals surface area contributed by atoms with Crippen LogP contribution in [-0.2, 0) is 9.59 Å². The summed E-state index contributed by atoms with van der Waals surface area (Å²) in [5.41, 5.74) is 5.42. The Labute approximate surface area is 102 Å². The Kier molecular flexibility index (Phi) is 3.94. The highest BCUT2D eigenvalue weighted by Gasteiger charge is 2.46. The van der Waals surface area contributed by atoms with E-state index in [4.69, 9.17) is 5.73 Å². The SMILES string of the molecule is NCCCCCN1C(=O)[C@H]2CC=CC[C@H]2C1=O. The molecule has 2 amide bonds. The highest BCUT2D eigenvalue weighted by Crippen LogP contribution is 2.35. The second-order valence-electron chi connectivity index (χ2n) is 4.83. The summed E-state index contributed by atoms with van der Waals surface area (Å²) >= 11 is 0. The van der Waals surface area contributed by atoms with Crippen LogP contribution in [0, 0.1) is 11.8 Å². The fraction of sp³-hybridized carbons (Fsp3) is 0.692. The van der Waals surface area contributed by atoms with Crippen LogP contribution in [0.25, 0.3) is 0 Å². The first kappa shape index (κ1) is 12.3. The summed E-state index contributed by atoms with van der Waals surface area (Å²) in [6.07, 6.45) is 8.32. The summed E-state index contributed by atoms with van der Waals surface area (Å²) in [6.45, 7) is 1.25. The minimum Gasteiger partial charge on any atom is -0.330 e. The molecule has 1 fully saturated rings. The first-order chi connectivity index (χ1) is 8.25.